The summed E-state index contributed by atoms with van der Waals surface area (Å²) in [4.78, 5) is 0. The molecule has 2 rings (SSSR count). The Kier molecular flexibility index (Phi) is 4.81. The first kappa shape index (κ1) is 16.9. The maximum absolute atomic E-state index is 14.4. The molecule has 4 heteroatoms. The second-order valence-corrected chi connectivity index (χ2v) is 7.80. The van der Waals surface area contributed by atoms with Gasteiger partial charge in [-0.25, -0.2) is 4.39 Å². The lowest BCUT2D eigenvalue weighted by molar-refractivity contribution is -0.0779. The Morgan fingerprint density at radius 2 is 2.05 bits per heavy atom. The fourth-order valence-corrected chi connectivity index (χ4v) is 4.19. The van der Waals surface area contributed by atoms with Crippen LogP contribution in [-0.2, 0) is 4.74 Å². The van der Waals surface area contributed by atoms with Crippen molar-refractivity contribution in [1.29, 1.82) is 0 Å². The van der Waals surface area contributed by atoms with Gasteiger partial charge in [-0.15, -0.1) is 0 Å². The smallest absolute Gasteiger partial charge is 0.129 e. The molecule has 1 heterocycles. The minimum Gasteiger partial charge on any atom is -0.369 e. The van der Waals surface area contributed by atoms with Crippen LogP contribution in [0.1, 0.15) is 52.6 Å². The Balaban J connectivity index is 2.45. The molecule has 1 saturated heterocycles. The van der Waals surface area contributed by atoms with E-state index in [-0.39, 0.29) is 29.0 Å². The van der Waals surface area contributed by atoms with Crippen molar-refractivity contribution in [2.45, 2.75) is 58.3 Å². The quantitative estimate of drug-likeness (QED) is 0.832. The number of nitrogens with one attached hydrogen (secondary N) is 1. The summed E-state index contributed by atoms with van der Waals surface area (Å²) in [5.74, 6) is 0.0384. The average molecular weight is 358 g/mol. The minimum atomic E-state index is -0.294. The molecule has 118 valence electrons. The molecule has 0 aliphatic carbocycles. The van der Waals surface area contributed by atoms with Gasteiger partial charge in [0.25, 0.3) is 0 Å². The van der Waals surface area contributed by atoms with Gasteiger partial charge in [0.15, 0.2) is 0 Å². The third kappa shape index (κ3) is 3.49. The van der Waals surface area contributed by atoms with Crippen LogP contribution in [-0.4, -0.2) is 17.7 Å². The van der Waals surface area contributed by atoms with Gasteiger partial charge in [-0.2, -0.15) is 0 Å². The van der Waals surface area contributed by atoms with Crippen molar-refractivity contribution in [1.82, 2.24) is 5.32 Å². The van der Waals surface area contributed by atoms with Crippen molar-refractivity contribution in [2.24, 2.45) is 5.92 Å². The molecule has 21 heavy (non-hydrogen) atoms. The van der Waals surface area contributed by atoms with Gasteiger partial charge in [0.2, 0.25) is 0 Å². The number of ether oxygens (including phenoxy) is 1. The van der Waals surface area contributed by atoms with E-state index in [9.17, 15) is 4.39 Å². The largest absolute Gasteiger partial charge is 0.369 e. The molecule has 0 radical (unpaired) electrons. The highest BCUT2D eigenvalue weighted by Crippen LogP contribution is 2.48. The fourth-order valence-electron chi connectivity index (χ4n) is 3.60. The third-order valence-corrected chi connectivity index (χ3v) is 4.97. The highest BCUT2D eigenvalue weighted by Gasteiger charge is 2.49. The first-order valence-corrected chi connectivity index (χ1v) is 8.35. The lowest BCUT2D eigenvalue weighted by Crippen LogP contribution is -2.39. The number of hydrogen-bond acceptors (Lipinski definition) is 2. The molecule has 1 aromatic rings. The molecular formula is C17H25BrFNO. The van der Waals surface area contributed by atoms with Crippen molar-refractivity contribution < 1.29 is 9.13 Å². The zero-order valence-corrected chi connectivity index (χ0v) is 15.1. The Morgan fingerprint density at radius 3 is 2.52 bits per heavy atom. The number of rotatable bonds is 4. The Labute approximate surface area is 135 Å². The van der Waals surface area contributed by atoms with Gasteiger partial charge in [-0.05, 0) is 52.8 Å². The van der Waals surface area contributed by atoms with E-state index in [0.29, 0.717) is 5.56 Å². The van der Waals surface area contributed by atoms with Crippen molar-refractivity contribution in [3.05, 3.63) is 34.1 Å². The first-order chi connectivity index (χ1) is 9.68. The van der Waals surface area contributed by atoms with Crippen molar-refractivity contribution >= 4 is 15.9 Å². The van der Waals surface area contributed by atoms with Gasteiger partial charge in [-0.3, -0.25) is 0 Å². The zero-order valence-electron chi connectivity index (χ0n) is 13.5. The molecule has 0 spiro atoms. The van der Waals surface area contributed by atoms with E-state index >= 15 is 0 Å². The highest BCUT2D eigenvalue weighted by atomic mass is 79.9. The van der Waals surface area contributed by atoms with Crippen molar-refractivity contribution in [2.75, 3.05) is 6.54 Å². The van der Waals surface area contributed by atoms with E-state index in [4.69, 9.17) is 4.74 Å². The Bertz CT molecular complexity index is 495. The summed E-state index contributed by atoms with van der Waals surface area (Å²) >= 11 is 3.51. The van der Waals surface area contributed by atoms with E-state index in [1.54, 1.807) is 6.07 Å². The first-order valence-electron chi connectivity index (χ1n) is 7.55. The molecule has 1 aromatic carbocycles. The molecule has 2 unspecified atom stereocenters. The van der Waals surface area contributed by atoms with Gasteiger partial charge in [0, 0.05) is 22.0 Å². The minimum absolute atomic E-state index is 0.0673. The van der Waals surface area contributed by atoms with Crippen LogP contribution in [0.5, 0.6) is 0 Å². The number of halogens is 2. The maximum Gasteiger partial charge on any atom is 0.129 e. The van der Waals surface area contributed by atoms with Gasteiger partial charge < -0.3 is 10.1 Å². The van der Waals surface area contributed by atoms with Crippen LogP contribution in [0.2, 0.25) is 0 Å². The summed E-state index contributed by atoms with van der Waals surface area (Å²) in [5.41, 5.74) is 0.233. The van der Waals surface area contributed by atoms with Crippen LogP contribution in [0.25, 0.3) is 0 Å². The summed E-state index contributed by atoms with van der Waals surface area (Å²) in [6.45, 7) is 11.3. The van der Waals surface area contributed by atoms with E-state index in [2.05, 4.69) is 55.9 Å². The standard InChI is InChI=1S/C17H25BrFNO/c1-6-20-15(14-12(18)8-7-9-13(14)19)11-10-16(2,3)21-17(11,4)5/h7-9,11,15,20H,6,10H2,1-5H3. The molecule has 2 atom stereocenters. The normalized spacial score (nSPS) is 25.0. The van der Waals surface area contributed by atoms with Crippen molar-refractivity contribution in [3.63, 3.8) is 0 Å². The lowest BCUT2D eigenvalue weighted by Gasteiger charge is -2.34. The second kappa shape index (κ2) is 5.98. The summed E-state index contributed by atoms with van der Waals surface area (Å²) in [7, 11) is 0. The number of hydrogen-bond donors (Lipinski definition) is 1. The van der Waals surface area contributed by atoms with Gasteiger partial charge in [-0.1, -0.05) is 28.9 Å². The molecule has 1 aliphatic rings. The molecule has 0 aromatic heterocycles. The predicted molar refractivity (Wildman–Crippen MR) is 87.9 cm³/mol. The highest BCUT2D eigenvalue weighted by molar-refractivity contribution is 9.10. The molecule has 1 aliphatic heterocycles. The lowest BCUT2D eigenvalue weighted by atomic mass is 9.78. The van der Waals surface area contributed by atoms with Crippen LogP contribution in [0, 0.1) is 11.7 Å². The van der Waals surface area contributed by atoms with E-state index in [1.807, 2.05) is 6.07 Å². The van der Waals surface area contributed by atoms with Gasteiger partial charge in [0.05, 0.1) is 11.2 Å². The molecular weight excluding hydrogens is 333 g/mol. The van der Waals surface area contributed by atoms with Gasteiger partial charge >= 0.3 is 0 Å². The third-order valence-electron chi connectivity index (χ3n) is 4.28. The van der Waals surface area contributed by atoms with E-state index in [0.717, 1.165) is 17.4 Å². The predicted octanol–water partition coefficient (Wildman–Crippen LogP) is 4.83. The Hall–Kier alpha value is -0.450. The summed E-state index contributed by atoms with van der Waals surface area (Å²) in [6.07, 6.45) is 0.901. The van der Waals surface area contributed by atoms with E-state index < -0.39 is 0 Å². The van der Waals surface area contributed by atoms with Crippen LogP contribution >= 0.6 is 15.9 Å². The van der Waals surface area contributed by atoms with Crippen LogP contribution in [0.4, 0.5) is 4.39 Å². The van der Waals surface area contributed by atoms with Crippen LogP contribution < -0.4 is 5.32 Å². The van der Waals surface area contributed by atoms with E-state index in [1.165, 1.54) is 6.07 Å². The second-order valence-electron chi connectivity index (χ2n) is 6.95. The molecule has 0 saturated carbocycles. The molecule has 0 bridgehead atoms. The monoisotopic (exact) mass is 357 g/mol. The molecule has 2 nitrogen and oxygen atoms in total. The van der Waals surface area contributed by atoms with Crippen LogP contribution in [0.15, 0.2) is 22.7 Å². The molecule has 1 fully saturated rings. The van der Waals surface area contributed by atoms with Crippen molar-refractivity contribution in [3.8, 4) is 0 Å². The maximum atomic E-state index is 14.4. The summed E-state index contributed by atoms with van der Waals surface area (Å²) < 4.78 is 21.4. The SMILES string of the molecule is CCNC(c1c(F)cccc1Br)C1CC(C)(C)OC1(C)C. The molecule has 0 amide bonds. The average Bonchev–Trinajstić information content (AvgIpc) is 2.55. The summed E-state index contributed by atoms with van der Waals surface area (Å²) in [5, 5.41) is 3.47. The zero-order chi connectivity index (χ0) is 15.8. The van der Waals surface area contributed by atoms with Gasteiger partial charge in [0.1, 0.15) is 5.82 Å². The number of benzene rings is 1. The fraction of sp³-hybridized carbons (Fsp3) is 0.647. The molecule has 1 N–H and O–H groups in total. The van der Waals surface area contributed by atoms with Crippen LogP contribution in [0.3, 0.4) is 0 Å². The summed E-state index contributed by atoms with van der Waals surface area (Å²) in [6, 6.07) is 5.09. The topological polar surface area (TPSA) is 21.3 Å². The Morgan fingerprint density at radius 1 is 1.38 bits per heavy atom.